The van der Waals surface area contributed by atoms with Crippen LogP contribution in [0, 0.1) is 34.5 Å². The van der Waals surface area contributed by atoms with Gasteiger partial charge < -0.3 is 15.1 Å². The maximum absolute atomic E-state index is 11.9. The van der Waals surface area contributed by atoms with Crippen LogP contribution in [0.25, 0.3) is 0 Å². The Morgan fingerprint density at radius 3 is 2.56 bits per heavy atom. The van der Waals surface area contributed by atoms with Gasteiger partial charge in [0.1, 0.15) is 7.11 Å². The quantitative estimate of drug-likeness (QED) is 0.589. The second-order valence-corrected chi connectivity index (χ2v) is 9.88. The van der Waals surface area contributed by atoms with Crippen molar-refractivity contribution in [2.75, 3.05) is 7.11 Å². The van der Waals surface area contributed by atoms with Crippen LogP contribution in [0.5, 0.6) is 0 Å². The van der Waals surface area contributed by atoms with Crippen LogP contribution in [0.3, 0.4) is 0 Å². The van der Waals surface area contributed by atoms with Crippen LogP contribution >= 0.6 is 0 Å². The van der Waals surface area contributed by atoms with Gasteiger partial charge in [-0.1, -0.05) is 19.0 Å². The molecule has 4 rings (SSSR count). The molecule has 0 radical (unpaired) electrons. The molecular weight excluding hydrogens is 314 g/mol. The number of aliphatic hydroxyl groups excluding tert-OH is 1. The van der Waals surface area contributed by atoms with Crippen molar-refractivity contribution in [1.29, 1.82) is 0 Å². The minimum atomic E-state index is -0.565. The van der Waals surface area contributed by atoms with E-state index in [0.717, 1.165) is 44.9 Å². The van der Waals surface area contributed by atoms with Crippen LogP contribution in [0.1, 0.15) is 71.6 Å². The topological polar surface area (TPSA) is 62.0 Å². The molecular formula is C21H35NO3. The number of aliphatic hydroxyl groups is 2. The summed E-state index contributed by atoms with van der Waals surface area (Å²) in [6.45, 7) is 4.76. The van der Waals surface area contributed by atoms with Crippen molar-refractivity contribution in [2.24, 2.45) is 39.7 Å². The number of rotatable bonds is 2. The number of nitrogens with zero attached hydrogens (tertiary/aromatic N) is 1. The number of fused-ring (bicyclic) bond motifs is 5. The summed E-state index contributed by atoms with van der Waals surface area (Å²) in [7, 11) is 1.59. The standard InChI is InChI=1S/C21H35NO3/c1-19-9-7-16(23)12-14(19)4-5-18-17(19)8-10-20(2)15(13-22-25-3)6-11-21(18,20)24/h13-18,23-24H,4-12H2,1-3H3/t14-,15-,16+,17+,18-,19+,20-,21+/m1/s1. The van der Waals surface area contributed by atoms with Crippen molar-refractivity contribution < 1.29 is 15.1 Å². The second-order valence-electron chi connectivity index (χ2n) is 9.88. The average molecular weight is 350 g/mol. The van der Waals surface area contributed by atoms with Crippen LogP contribution < -0.4 is 0 Å². The first-order valence-electron chi connectivity index (χ1n) is 10.3. The zero-order valence-electron chi connectivity index (χ0n) is 16.1. The SMILES string of the molecule is CON=C[C@H]1CC[C@]2(O)[C@@H]3CC[C@@H]4C[C@@H](O)CC[C@]4(C)[C@H]3CC[C@]12C. The van der Waals surface area contributed by atoms with E-state index in [2.05, 4.69) is 19.0 Å². The van der Waals surface area contributed by atoms with Crippen molar-refractivity contribution in [3.05, 3.63) is 0 Å². The van der Waals surface area contributed by atoms with Crippen LogP contribution in [0.15, 0.2) is 5.16 Å². The van der Waals surface area contributed by atoms with Crippen molar-refractivity contribution in [3.63, 3.8) is 0 Å². The lowest BCUT2D eigenvalue weighted by molar-refractivity contribution is -0.206. The van der Waals surface area contributed by atoms with Crippen LogP contribution in [-0.2, 0) is 4.84 Å². The molecule has 25 heavy (non-hydrogen) atoms. The van der Waals surface area contributed by atoms with E-state index in [1.165, 1.54) is 12.8 Å². The maximum atomic E-state index is 11.9. The summed E-state index contributed by atoms with van der Waals surface area (Å²) in [4.78, 5) is 4.93. The molecule has 4 aliphatic carbocycles. The second kappa shape index (κ2) is 5.95. The minimum Gasteiger partial charge on any atom is -0.399 e. The third kappa shape index (κ3) is 2.36. The van der Waals surface area contributed by atoms with E-state index in [9.17, 15) is 10.2 Å². The number of oxime groups is 1. The fourth-order valence-electron chi connectivity index (χ4n) is 7.62. The molecule has 4 saturated carbocycles. The number of hydrogen-bond acceptors (Lipinski definition) is 4. The molecule has 2 N–H and O–H groups in total. The zero-order valence-corrected chi connectivity index (χ0v) is 16.1. The molecule has 0 aromatic carbocycles. The highest BCUT2D eigenvalue weighted by Crippen LogP contribution is 2.68. The lowest BCUT2D eigenvalue weighted by atomic mass is 9.43. The highest BCUT2D eigenvalue weighted by Gasteiger charge is 2.66. The highest BCUT2D eigenvalue weighted by molar-refractivity contribution is 5.62. The lowest BCUT2D eigenvalue weighted by Crippen LogP contribution is -2.62. The van der Waals surface area contributed by atoms with Crippen molar-refractivity contribution in [3.8, 4) is 0 Å². The molecule has 0 aliphatic heterocycles. The summed E-state index contributed by atoms with van der Waals surface area (Å²) in [5.41, 5.74) is -0.337. The third-order valence-corrected chi connectivity index (χ3v) is 9.24. The molecule has 0 heterocycles. The monoisotopic (exact) mass is 349 g/mol. The summed E-state index contributed by atoms with van der Waals surface area (Å²) in [6, 6.07) is 0. The summed E-state index contributed by atoms with van der Waals surface area (Å²) in [6.07, 6.45) is 11.4. The van der Waals surface area contributed by atoms with E-state index in [0.29, 0.717) is 29.1 Å². The predicted octanol–water partition coefficient (Wildman–Crippen LogP) is 3.75. The molecule has 4 fully saturated rings. The van der Waals surface area contributed by atoms with Gasteiger partial charge in [-0.15, -0.1) is 0 Å². The maximum Gasteiger partial charge on any atom is 0.106 e. The van der Waals surface area contributed by atoms with Gasteiger partial charge >= 0.3 is 0 Å². The first-order valence-corrected chi connectivity index (χ1v) is 10.3. The Labute approximate surface area is 152 Å². The molecule has 0 spiro atoms. The number of hydrogen-bond donors (Lipinski definition) is 2. The van der Waals surface area contributed by atoms with Gasteiger partial charge in [0, 0.05) is 17.5 Å². The van der Waals surface area contributed by atoms with Gasteiger partial charge in [0.2, 0.25) is 0 Å². The molecule has 4 nitrogen and oxygen atoms in total. The van der Waals surface area contributed by atoms with Gasteiger partial charge in [-0.3, -0.25) is 0 Å². The van der Waals surface area contributed by atoms with Crippen LogP contribution in [0.2, 0.25) is 0 Å². The average Bonchev–Trinajstić information content (AvgIpc) is 2.85. The van der Waals surface area contributed by atoms with Crippen LogP contribution in [-0.4, -0.2) is 35.2 Å². The molecule has 4 heteroatoms. The Morgan fingerprint density at radius 1 is 1.00 bits per heavy atom. The Morgan fingerprint density at radius 2 is 1.80 bits per heavy atom. The summed E-state index contributed by atoms with van der Waals surface area (Å²) in [5.74, 6) is 1.97. The smallest absolute Gasteiger partial charge is 0.106 e. The molecule has 8 atom stereocenters. The van der Waals surface area contributed by atoms with E-state index in [-0.39, 0.29) is 11.5 Å². The molecule has 4 aliphatic rings. The summed E-state index contributed by atoms with van der Waals surface area (Å²) >= 11 is 0. The Hall–Kier alpha value is -0.610. The zero-order chi connectivity index (χ0) is 17.9. The fourth-order valence-corrected chi connectivity index (χ4v) is 7.62. The van der Waals surface area contributed by atoms with Gasteiger partial charge in [-0.25, -0.2) is 0 Å². The molecule has 0 amide bonds. The highest BCUT2D eigenvalue weighted by atomic mass is 16.6. The molecule has 0 aromatic rings. The first-order chi connectivity index (χ1) is 11.8. The molecule has 0 bridgehead atoms. The molecule has 0 unspecified atom stereocenters. The minimum absolute atomic E-state index is 0.0758. The van der Waals surface area contributed by atoms with Crippen LogP contribution in [0.4, 0.5) is 0 Å². The van der Waals surface area contributed by atoms with Crippen molar-refractivity contribution >= 4 is 6.21 Å². The van der Waals surface area contributed by atoms with Gasteiger partial charge in [-0.2, -0.15) is 0 Å². The normalized spacial score (nSPS) is 55.5. The largest absolute Gasteiger partial charge is 0.399 e. The van der Waals surface area contributed by atoms with E-state index in [1.807, 2.05) is 6.21 Å². The van der Waals surface area contributed by atoms with Gasteiger partial charge in [0.25, 0.3) is 0 Å². The van der Waals surface area contributed by atoms with E-state index in [1.54, 1.807) is 7.11 Å². The van der Waals surface area contributed by atoms with Gasteiger partial charge in [-0.05, 0) is 81.0 Å². The van der Waals surface area contributed by atoms with E-state index >= 15 is 0 Å². The summed E-state index contributed by atoms with van der Waals surface area (Å²) < 4.78 is 0. The Kier molecular flexibility index (Phi) is 4.23. The molecule has 0 saturated heterocycles. The molecule has 142 valence electrons. The molecule has 0 aromatic heterocycles. The Bertz CT molecular complexity index is 551. The summed E-state index contributed by atoms with van der Waals surface area (Å²) in [5, 5.41) is 26.1. The Balaban J connectivity index is 1.64. The van der Waals surface area contributed by atoms with E-state index in [4.69, 9.17) is 4.84 Å². The van der Waals surface area contributed by atoms with Gasteiger partial charge in [0.15, 0.2) is 0 Å². The van der Waals surface area contributed by atoms with Gasteiger partial charge in [0.05, 0.1) is 11.7 Å². The van der Waals surface area contributed by atoms with E-state index < -0.39 is 5.60 Å². The first kappa shape index (κ1) is 17.8. The lowest BCUT2D eigenvalue weighted by Gasteiger charge is -2.63. The third-order valence-electron chi connectivity index (χ3n) is 9.24. The van der Waals surface area contributed by atoms with Crippen molar-refractivity contribution in [2.45, 2.75) is 83.3 Å². The predicted molar refractivity (Wildman–Crippen MR) is 98.2 cm³/mol. The fraction of sp³-hybridized carbons (Fsp3) is 0.952. The van der Waals surface area contributed by atoms with Crippen molar-refractivity contribution in [1.82, 2.24) is 0 Å².